The number of hydrogen-bond donors (Lipinski definition) is 1. The van der Waals surface area contributed by atoms with Crippen LogP contribution in [0.1, 0.15) is 23.6 Å². The molecule has 0 bridgehead atoms. The SMILES string of the molecule is NS(=O)(=O)c1ccc(N2N=C(c3cccc(Br)c3)CC2c2cccc3ccccc23)cc1. The molecular weight excluding hydrogens is 486 g/mol. The number of anilines is 1. The zero-order valence-electron chi connectivity index (χ0n) is 17.0. The second-order valence-corrected chi connectivity index (χ2v) is 10.2. The minimum absolute atomic E-state index is 0.0320. The molecule has 1 aliphatic rings. The van der Waals surface area contributed by atoms with E-state index < -0.39 is 10.0 Å². The lowest BCUT2D eigenvalue weighted by Crippen LogP contribution is -2.19. The first-order chi connectivity index (χ1) is 15.4. The highest BCUT2D eigenvalue weighted by molar-refractivity contribution is 9.10. The van der Waals surface area contributed by atoms with Crippen LogP contribution < -0.4 is 10.1 Å². The average molecular weight is 506 g/mol. The quantitative estimate of drug-likeness (QED) is 0.391. The second-order valence-electron chi connectivity index (χ2n) is 7.73. The van der Waals surface area contributed by atoms with Gasteiger partial charge in [0, 0.05) is 10.9 Å². The molecule has 4 aromatic carbocycles. The predicted octanol–water partition coefficient (Wildman–Crippen LogP) is 5.61. The number of nitrogens with two attached hydrogens (primary N) is 1. The van der Waals surface area contributed by atoms with E-state index in [1.165, 1.54) is 28.5 Å². The van der Waals surface area contributed by atoms with Gasteiger partial charge in [0.2, 0.25) is 10.0 Å². The summed E-state index contributed by atoms with van der Waals surface area (Å²) in [7, 11) is -3.76. The molecule has 5 nitrogen and oxygen atoms in total. The number of hydrogen-bond acceptors (Lipinski definition) is 4. The summed E-state index contributed by atoms with van der Waals surface area (Å²) in [5.41, 5.74) is 4.00. The Morgan fingerprint density at radius 3 is 2.38 bits per heavy atom. The molecule has 7 heteroatoms. The molecule has 1 atom stereocenters. The van der Waals surface area contributed by atoms with Crippen LogP contribution in [0.5, 0.6) is 0 Å². The highest BCUT2D eigenvalue weighted by atomic mass is 79.9. The van der Waals surface area contributed by atoms with Gasteiger partial charge in [-0.25, -0.2) is 13.6 Å². The number of primary sulfonamides is 1. The summed E-state index contributed by atoms with van der Waals surface area (Å²) in [6, 6.07) is 29.3. The largest absolute Gasteiger partial charge is 0.257 e. The normalized spacial score (nSPS) is 16.4. The Labute approximate surface area is 195 Å². The highest BCUT2D eigenvalue weighted by Gasteiger charge is 2.31. The van der Waals surface area contributed by atoms with Crippen molar-refractivity contribution < 1.29 is 8.42 Å². The lowest BCUT2D eigenvalue weighted by Gasteiger charge is -2.25. The van der Waals surface area contributed by atoms with Gasteiger partial charge >= 0.3 is 0 Å². The Morgan fingerprint density at radius 2 is 1.62 bits per heavy atom. The molecule has 0 spiro atoms. The topological polar surface area (TPSA) is 75.8 Å². The Hall–Kier alpha value is -3.00. The molecule has 0 aliphatic carbocycles. The molecule has 0 radical (unpaired) electrons. The fourth-order valence-corrected chi connectivity index (χ4v) is 5.08. The molecular formula is C25H20BrN3O2S. The van der Waals surface area contributed by atoms with Crippen molar-refractivity contribution in [2.75, 3.05) is 5.01 Å². The van der Waals surface area contributed by atoms with Crippen molar-refractivity contribution in [1.29, 1.82) is 0 Å². The van der Waals surface area contributed by atoms with Crippen molar-refractivity contribution in [3.8, 4) is 0 Å². The van der Waals surface area contributed by atoms with E-state index in [2.05, 4.69) is 58.4 Å². The van der Waals surface area contributed by atoms with Crippen LogP contribution in [0.3, 0.4) is 0 Å². The number of nitrogens with zero attached hydrogens (tertiary/aromatic N) is 2. The van der Waals surface area contributed by atoms with Crippen LogP contribution in [0.4, 0.5) is 5.69 Å². The summed E-state index contributed by atoms with van der Waals surface area (Å²) in [5.74, 6) is 0. The third-order valence-corrected chi connectivity index (χ3v) is 7.10. The standard InChI is InChI=1S/C25H20BrN3O2S/c26-19-8-3-7-18(15-19)24-16-25(23-10-4-6-17-5-1-2-9-22(17)23)29(28-24)20-11-13-21(14-12-20)32(27,30)31/h1-15,25H,16H2,(H2,27,30,31). The zero-order valence-corrected chi connectivity index (χ0v) is 19.4. The van der Waals surface area contributed by atoms with E-state index in [0.29, 0.717) is 0 Å². The van der Waals surface area contributed by atoms with Crippen LogP contribution in [-0.4, -0.2) is 14.1 Å². The Morgan fingerprint density at radius 1 is 0.906 bits per heavy atom. The fourth-order valence-electron chi connectivity index (χ4n) is 4.16. The average Bonchev–Trinajstić information content (AvgIpc) is 3.23. The lowest BCUT2D eigenvalue weighted by atomic mass is 9.94. The molecule has 0 saturated heterocycles. The molecule has 160 valence electrons. The van der Waals surface area contributed by atoms with Crippen molar-refractivity contribution in [3.63, 3.8) is 0 Å². The third kappa shape index (κ3) is 3.95. The Bertz CT molecular complexity index is 1440. The number of sulfonamides is 1. The van der Waals surface area contributed by atoms with Gasteiger partial charge in [0.15, 0.2) is 0 Å². The van der Waals surface area contributed by atoms with E-state index in [-0.39, 0.29) is 10.9 Å². The first-order valence-electron chi connectivity index (χ1n) is 10.1. The highest BCUT2D eigenvalue weighted by Crippen LogP contribution is 2.39. The van der Waals surface area contributed by atoms with Crippen LogP contribution in [0.15, 0.2) is 105 Å². The maximum Gasteiger partial charge on any atom is 0.238 e. The van der Waals surface area contributed by atoms with Crippen molar-refractivity contribution >= 4 is 48.1 Å². The maximum absolute atomic E-state index is 11.7. The first kappa shape index (κ1) is 20.9. The monoisotopic (exact) mass is 505 g/mol. The molecule has 1 unspecified atom stereocenters. The zero-order chi connectivity index (χ0) is 22.3. The fraction of sp³-hybridized carbons (Fsp3) is 0.0800. The van der Waals surface area contributed by atoms with Crippen molar-refractivity contribution in [2.45, 2.75) is 17.4 Å². The van der Waals surface area contributed by atoms with Crippen LogP contribution in [0.25, 0.3) is 10.8 Å². The summed E-state index contributed by atoms with van der Waals surface area (Å²) in [5, 5.41) is 14.6. The second kappa shape index (κ2) is 8.16. The molecule has 2 N–H and O–H groups in total. The van der Waals surface area contributed by atoms with Gasteiger partial charge in [-0.2, -0.15) is 5.10 Å². The van der Waals surface area contributed by atoms with E-state index in [4.69, 9.17) is 10.2 Å². The van der Waals surface area contributed by atoms with Gasteiger partial charge in [-0.1, -0.05) is 70.5 Å². The van der Waals surface area contributed by atoms with E-state index >= 15 is 0 Å². The van der Waals surface area contributed by atoms with E-state index in [1.807, 2.05) is 29.3 Å². The van der Waals surface area contributed by atoms with E-state index in [0.717, 1.165) is 27.9 Å². The third-order valence-electron chi connectivity index (χ3n) is 5.68. The van der Waals surface area contributed by atoms with Crippen molar-refractivity contribution in [2.24, 2.45) is 10.2 Å². The first-order valence-corrected chi connectivity index (χ1v) is 12.5. The Balaban J connectivity index is 1.63. The Kier molecular flexibility index (Phi) is 5.33. The summed E-state index contributed by atoms with van der Waals surface area (Å²) in [6.07, 6.45) is 0.724. The molecule has 0 saturated carbocycles. The van der Waals surface area contributed by atoms with Gasteiger partial charge in [-0.3, -0.25) is 5.01 Å². The van der Waals surface area contributed by atoms with Crippen LogP contribution in [-0.2, 0) is 10.0 Å². The molecule has 32 heavy (non-hydrogen) atoms. The minimum Gasteiger partial charge on any atom is -0.257 e. The van der Waals surface area contributed by atoms with Gasteiger partial charge in [0.25, 0.3) is 0 Å². The van der Waals surface area contributed by atoms with Gasteiger partial charge in [0.05, 0.1) is 22.3 Å². The van der Waals surface area contributed by atoms with Gasteiger partial charge < -0.3 is 0 Å². The van der Waals surface area contributed by atoms with Crippen LogP contribution in [0, 0.1) is 0 Å². The molecule has 5 rings (SSSR count). The van der Waals surface area contributed by atoms with Gasteiger partial charge in [-0.15, -0.1) is 0 Å². The predicted molar refractivity (Wildman–Crippen MR) is 132 cm³/mol. The molecule has 4 aromatic rings. The smallest absolute Gasteiger partial charge is 0.238 e. The molecule has 1 aliphatic heterocycles. The van der Waals surface area contributed by atoms with Gasteiger partial charge in [0.1, 0.15) is 0 Å². The van der Waals surface area contributed by atoms with Crippen molar-refractivity contribution in [1.82, 2.24) is 0 Å². The van der Waals surface area contributed by atoms with E-state index in [9.17, 15) is 8.42 Å². The summed E-state index contributed by atoms with van der Waals surface area (Å²) >= 11 is 3.55. The molecule has 1 heterocycles. The number of hydrazone groups is 1. The van der Waals surface area contributed by atoms with Crippen molar-refractivity contribution in [3.05, 3.63) is 107 Å². The molecule has 0 amide bonds. The number of rotatable bonds is 4. The summed E-state index contributed by atoms with van der Waals surface area (Å²) < 4.78 is 24.4. The number of fused-ring (bicyclic) bond motifs is 1. The molecule has 0 fully saturated rings. The lowest BCUT2D eigenvalue weighted by molar-refractivity contribution is 0.598. The summed E-state index contributed by atoms with van der Waals surface area (Å²) in [4.78, 5) is 0.0818. The van der Waals surface area contributed by atoms with E-state index in [1.54, 1.807) is 12.1 Å². The summed E-state index contributed by atoms with van der Waals surface area (Å²) in [6.45, 7) is 0. The van der Waals surface area contributed by atoms with Gasteiger partial charge in [-0.05, 0) is 58.3 Å². The minimum atomic E-state index is -3.76. The number of benzene rings is 4. The molecule has 0 aromatic heterocycles. The van der Waals surface area contributed by atoms with Crippen LogP contribution in [0.2, 0.25) is 0 Å². The maximum atomic E-state index is 11.7. The number of halogens is 1. The van der Waals surface area contributed by atoms with Crippen LogP contribution >= 0.6 is 15.9 Å².